The van der Waals surface area contributed by atoms with Gasteiger partial charge in [0, 0.05) is 23.6 Å². The number of ether oxygens (including phenoxy) is 1. The summed E-state index contributed by atoms with van der Waals surface area (Å²) >= 11 is 5.87. The fraction of sp³-hybridized carbons (Fsp3) is 0.0769. The molecule has 2 N–H and O–H groups in total. The summed E-state index contributed by atoms with van der Waals surface area (Å²) in [7, 11) is 0. The molecule has 6 heteroatoms. The van der Waals surface area contributed by atoms with Crippen LogP contribution in [0, 0.1) is 5.82 Å². The molecule has 2 aromatic rings. The molecule has 0 radical (unpaired) electrons. The lowest BCUT2D eigenvalue weighted by atomic mass is 10.2. The highest BCUT2D eigenvalue weighted by Crippen LogP contribution is 2.18. The van der Waals surface area contributed by atoms with Gasteiger partial charge in [-0.2, -0.15) is 0 Å². The number of nitrogen functional groups attached to an aromatic ring is 1. The van der Waals surface area contributed by atoms with Crippen LogP contribution < -0.4 is 5.73 Å². The van der Waals surface area contributed by atoms with Crippen molar-refractivity contribution >= 4 is 23.3 Å². The molecule has 0 aliphatic heterocycles. The van der Waals surface area contributed by atoms with Crippen LogP contribution >= 0.6 is 11.6 Å². The predicted molar refractivity (Wildman–Crippen MR) is 69.2 cm³/mol. The lowest BCUT2D eigenvalue weighted by molar-refractivity contribution is 0.0473. The number of aromatic nitrogens is 1. The zero-order chi connectivity index (χ0) is 13.8. The van der Waals surface area contributed by atoms with Gasteiger partial charge in [0.1, 0.15) is 12.4 Å². The summed E-state index contributed by atoms with van der Waals surface area (Å²) in [5.74, 6) is -1.26. The maximum atomic E-state index is 13.0. The normalized spacial score (nSPS) is 10.2. The van der Waals surface area contributed by atoms with Gasteiger partial charge in [-0.1, -0.05) is 11.6 Å². The van der Waals surface area contributed by atoms with Gasteiger partial charge in [0.15, 0.2) is 0 Å². The largest absolute Gasteiger partial charge is 0.457 e. The smallest absolute Gasteiger partial charge is 0.340 e. The van der Waals surface area contributed by atoms with Gasteiger partial charge in [0.25, 0.3) is 0 Å². The van der Waals surface area contributed by atoms with Crippen molar-refractivity contribution in [1.29, 1.82) is 0 Å². The molecule has 0 saturated heterocycles. The van der Waals surface area contributed by atoms with Gasteiger partial charge >= 0.3 is 5.97 Å². The van der Waals surface area contributed by atoms with Crippen LogP contribution in [0.25, 0.3) is 0 Å². The maximum Gasteiger partial charge on any atom is 0.340 e. The molecule has 98 valence electrons. The Morgan fingerprint density at radius 2 is 2.21 bits per heavy atom. The molecule has 1 aromatic carbocycles. The topological polar surface area (TPSA) is 65.2 Å². The summed E-state index contributed by atoms with van der Waals surface area (Å²) < 4.78 is 18.1. The molecule has 4 nitrogen and oxygen atoms in total. The summed E-state index contributed by atoms with van der Waals surface area (Å²) in [6, 6.07) is 5.15. The Bertz CT molecular complexity index is 619. The number of hydrogen-bond donors (Lipinski definition) is 1. The van der Waals surface area contributed by atoms with E-state index >= 15 is 0 Å². The van der Waals surface area contributed by atoms with E-state index in [9.17, 15) is 9.18 Å². The second-order valence-electron chi connectivity index (χ2n) is 3.77. The minimum atomic E-state index is -0.704. The molecule has 0 amide bonds. The van der Waals surface area contributed by atoms with E-state index in [1.807, 2.05) is 0 Å². The van der Waals surface area contributed by atoms with Gasteiger partial charge in [-0.25, -0.2) is 9.18 Å². The number of carbonyl (C=O) groups excluding carboxylic acids is 1. The average Bonchev–Trinajstić information content (AvgIpc) is 2.40. The maximum absolute atomic E-state index is 13.0. The van der Waals surface area contributed by atoms with Gasteiger partial charge in [-0.15, -0.1) is 0 Å². The summed E-state index contributed by atoms with van der Waals surface area (Å²) in [5, 5.41) is 0.391. The van der Waals surface area contributed by atoms with E-state index in [1.54, 1.807) is 6.07 Å². The van der Waals surface area contributed by atoms with E-state index in [0.29, 0.717) is 10.6 Å². The number of esters is 1. The van der Waals surface area contributed by atoms with Gasteiger partial charge in [-0.05, 0) is 24.3 Å². The standard InChI is InChI=1S/C13H10ClFN2O2/c14-11-6-17-4-3-8(11)7-19-13(18)10-5-9(15)1-2-12(10)16/h1-6H,7,16H2. The zero-order valence-corrected chi connectivity index (χ0v) is 10.5. The first kappa shape index (κ1) is 13.3. The number of nitrogens with zero attached hydrogens (tertiary/aromatic N) is 1. The highest BCUT2D eigenvalue weighted by molar-refractivity contribution is 6.31. The van der Waals surface area contributed by atoms with E-state index in [1.165, 1.54) is 24.5 Å². The number of halogens is 2. The Labute approximate surface area is 114 Å². The SMILES string of the molecule is Nc1ccc(F)cc1C(=O)OCc1ccncc1Cl. The first-order valence-electron chi connectivity index (χ1n) is 5.38. The quantitative estimate of drug-likeness (QED) is 0.693. The Morgan fingerprint density at radius 1 is 1.42 bits per heavy atom. The highest BCUT2D eigenvalue weighted by atomic mass is 35.5. The van der Waals surface area contributed by atoms with Crippen molar-refractivity contribution in [1.82, 2.24) is 4.98 Å². The Hall–Kier alpha value is -2.14. The monoisotopic (exact) mass is 280 g/mol. The minimum absolute atomic E-state index is 0.00909. The van der Waals surface area contributed by atoms with Crippen molar-refractivity contribution < 1.29 is 13.9 Å². The number of rotatable bonds is 3. The minimum Gasteiger partial charge on any atom is -0.457 e. The average molecular weight is 281 g/mol. The van der Waals surface area contributed by atoms with Crippen molar-refractivity contribution in [3.8, 4) is 0 Å². The molecular weight excluding hydrogens is 271 g/mol. The van der Waals surface area contributed by atoms with Crippen LogP contribution in [0.3, 0.4) is 0 Å². The van der Waals surface area contributed by atoms with Crippen molar-refractivity contribution in [3.63, 3.8) is 0 Å². The lowest BCUT2D eigenvalue weighted by Crippen LogP contribution is -2.09. The molecule has 0 fully saturated rings. The number of hydrogen-bond acceptors (Lipinski definition) is 4. The van der Waals surface area contributed by atoms with Crippen LogP contribution in [0.15, 0.2) is 36.7 Å². The summed E-state index contributed by atoms with van der Waals surface area (Å²) in [4.78, 5) is 15.6. The molecule has 19 heavy (non-hydrogen) atoms. The summed E-state index contributed by atoms with van der Waals surface area (Å²) in [6.45, 7) is -0.0316. The molecule has 0 spiro atoms. The number of pyridine rings is 1. The van der Waals surface area contributed by atoms with E-state index in [4.69, 9.17) is 22.1 Å². The molecule has 1 aromatic heterocycles. The van der Waals surface area contributed by atoms with Crippen LogP contribution in [0.5, 0.6) is 0 Å². The van der Waals surface area contributed by atoms with E-state index in [0.717, 1.165) is 6.07 Å². The zero-order valence-electron chi connectivity index (χ0n) is 9.77. The Balaban J connectivity index is 2.10. The summed E-state index contributed by atoms with van der Waals surface area (Å²) in [6.07, 6.45) is 2.98. The van der Waals surface area contributed by atoms with Gasteiger partial charge in [-0.3, -0.25) is 4.98 Å². The van der Waals surface area contributed by atoms with Gasteiger partial charge in [0.05, 0.1) is 10.6 Å². The van der Waals surface area contributed by atoms with Crippen molar-refractivity contribution in [2.45, 2.75) is 6.61 Å². The molecule has 0 aliphatic rings. The number of carbonyl (C=O) groups is 1. The van der Waals surface area contributed by atoms with E-state index in [-0.39, 0.29) is 17.9 Å². The first-order chi connectivity index (χ1) is 9.08. The van der Waals surface area contributed by atoms with Crippen molar-refractivity contribution in [2.75, 3.05) is 5.73 Å². The number of nitrogens with two attached hydrogens (primary N) is 1. The van der Waals surface area contributed by atoms with Gasteiger partial charge in [0.2, 0.25) is 0 Å². The van der Waals surface area contributed by atoms with E-state index in [2.05, 4.69) is 4.98 Å². The van der Waals surface area contributed by atoms with Gasteiger partial charge < -0.3 is 10.5 Å². The fourth-order valence-corrected chi connectivity index (χ4v) is 1.62. The molecule has 0 aliphatic carbocycles. The molecule has 2 rings (SSSR count). The highest BCUT2D eigenvalue weighted by Gasteiger charge is 2.13. The van der Waals surface area contributed by atoms with Crippen molar-refractivity contribution in [3.05, 3.63) is 58.6 Å². The molecule has 0 saturated carbocycles. The van der Waals surface area contributed by atoms with Crippen LogP contribution in [0.2, 0.25) is 5.02 Å². The number of anilines is 1. The molecule has 1 heterocycles. The Kier molecular flexibility index (Phi) is 3.97. The molecular formula is C13H10ClFN2O2. The van der Waals surface area contributed by atoms with Crippen LogP contribution in [-0.4, -0.2) is 11.0 Å². The Morgan fingerprint density at radius 3 is 2.95 bits per heavy atom. The first-order valence-corrected chi connectivity index (χ1v) is 5.76. The molecule has 0 unspecified atom stereocenters. The predicted octanol–water partition coefficient (Wildman–Crippen LogP) is 2.81. The third kappa shape index (κ3) is 3.20. The van der Waals surface area contributed by atoms with Crippen LogP contribution in [-0.2, 0) is 11.3 Å². The number of benzene rings is 1. The van der Waals surface area contributed by atoms with Crippen molar-refractivity contribution in [2.24, 2.45) is 0 Å². The van der Waals surface area contributed by atoms with E-state index < -0.39 is 11.8 Å². The molecule has 0 bridgehead atoms. The fourth-order valence-electron chi connectivity index (χ4n) is 1.45. The second kappa shape index (κ2) is 5.67. The third-order valence-corrected chi connectivity index (χ3v) is 2.79. The second-order valence-corrected chi connectivity index (χ2v) is 4.18. The third-order valence-electron chi connectivity index (χ3n) is 2.45. The van der Waals surface area contributed by atoms with Crippen LogP contribution in [0.4, 0.5) is 10.1 Å². The molecule has 0 atom stereocenters. The lowest BCUT2D eigenvalue weighted by Gasteiger charge is -2.08. The van der Waals surface area contributed by atoms with Crippen LogP contribution in [0.1, 0.15) is 15.9 Å². The summed E-state index contributed by atoms with van der Waals surface area (Å²) in [5.41, 5.74) is 6.35.